The molecule has 0 aliphatic carbocycles. The molecule has 7 nitrogen and oxygen atoms in total. The zero-order valence-electron chi connectivity index (χ0n) is 17.7. The number of nitrogens with zero attached hydrogens (tertiary/aromatic N) is 1. The molecule has 3 rings (SSSR count). The summed E-state index contributed by atoms with van der Waals surface area (Å²) in [5.41, 5.74) is 1.91. The highest BCUT2D eigenvalue weighted by Gasteiger charge is 2.15. The van der Waals surface area contributed by atoms with E-state index in [1.54, 1.807) is 19.1 Å². The van der Waals surface area contributed by atoms with E-state index in [0.29, 0.717) is 22.5 Å². The van der Waals surface area contributed by atoms with Crippen LogP contribution in [0.25, 0.3) is 11.1 Å². The number of hydrogen-bond donors (Lipinski definition) is 1. The Morgan fingerprint density at radius 3 is 2.00 bits per heavy atom. The van der Waals surface area contributed by atoms with Crippen LogP contribution in [0, 0.1) is 0 Å². The summed E-state index contributed by atoms with van der Waals surface area (Å²) in [5, 5.41) is 3.24. The molecule has 0 atom stereocenters. The van der Waals surface area contributed by atoms with Crippen molar-refractivity contribution in [3.63, 3.8) is 0 Å². The number of aromatic nitrogens is 1. The number of carbonyl (C=O) groups is 1. The maximum atomic E-state index is 12.4. The number of anilines is 1. The van der Waals surface area contributed by atoms with Crippen molar-refractivity contribution in [2.24, 2.45) is 0 Å². The van der Waals surface area contributed by atoms with Gasteiger partial charge in [0.2, 0.25) is 5.91 Å². The zero-order chi connectivity index (χ0) is 24.4. The lowest BCUT2D eigenvalue weighted by atomic mass is 10.0. The molecule has 174 valence electrons. The number of sulfone groups is 2. The van der Waals surface area contributed by atoms with E-state index in [4.69, 9.17) is 23.2 Å². The SMILES string of the molecule is CCS(=O)(=O)c1ccc(CC(=O)Nc2cc(Cl)c(-c3ccc(S(C)(=O)=O)cc3)c(Cl)c2)nc1. The minimum absolute atomic E-state index is 0.0339. The predicted molar refractivity (Wildman–Crippen MR) is 129 cm³/mol. The van der Waals surface area contributed by atoms with Crippen molar-refractivity contribution in [3.05, 3.63) is 70.5 Å². The van der Waals surface area contributed by atoms with Gasteiger partial charge in [-0.1, -0.05) is 42.3 Å². The van der Waals surface area contributed by atoms with Gasteiger partial charge in [-0.25, -0.2) is 16.8 Å². The Bertz CT molecular complexity index is 1380. The average molecular weight is 527 g/mol. The smallest absolute Gasteiger partial charge is 0.230 e. The van der Waals surface area contributed by atoms with Crippen LogP contribution in [0.15, 0.2) is 64.5 Å². The topological polar surface area (TPSA) is 110 Å². The largest absolute Gasteiger partial charge is 0.326 e. The molecule has 0 spiro atoms. The summed E-state index contributed by atoms with van der Waals surface area (Å²) in [6.45, 7) is 1.54. The summed E-state index contributed by atoms with van der Waals surface area (Å²) in [4.78, 5) is 16.8. The summed E-state index contributed by atoms with van der Waals surface area (Å²) in [7, 11) is -6.69. The fourth-order valence-electron chi connectivity index (χ4n) is 3.03. The molecular formula is C22H20Cl2N2O5S2. The quantitative estimate of drug-likeness (QED) is 0.487. The summed E-state index contributed by atoms with van der Waals surface area (Å²) < 4.78 is 47.0. The Labute approximate surface area is 202 Å². The van der Waals surface area contributed by atoms with Gasteiger partial charge in [0, 0.05) is 29.4 Å². The van der Waals surface area contributed by atoms with Crippen LogP contribution in [0.1, 0.15) is 12.6 Å². The first-order valence-electron chi connectivity index (χ1n) is 9.68. The molecule has 1 amide bonds. The highest BCUT2D eigenvalue weighted by molar-refractivity contribution is 7.91. The Morgan fingerprint density at radius 2 is 1.52 bits per heavy atom. The van der Waals surface area contributed by atoms with Crippen molar-refractivity contribution >= 4 is 54.5 Å². The van der Waals surface area contributed by atoms with Gasteiger partial charge >= 0.3 is 0 Å². The Balaban J connectivity index is 1.75. The van der Waals surface area contributed by atoms with E-state index in [1.807, 2.05) is 0 Å². The molecule has 0 aliphatic rings. The second kappa shape index (κ2) is 9.80. The van der Waals surface area contributed by atoms with E-state index in [-0.39, 0.29) is 37.9 Å². The van der Waals surface area contributed by atoms with Crippen LogP contribution in [-0.2, 0) is 30.9 Å². The Kier molecular flexibility index (Phi) is 7.48. The molecule has 0 radical (unpaired) electrons. The van der Waals surface area contributed by atoms with E-state index in [9.17, 15) is 21.6 Å². The van der Waals surface area contributed by atoms with Crippen LogP contribution >= 0.6 is 23.2 Å². The lowest BCUT2D eigenvalue weighted by Gasteiger charge is -2.12. The van der Waals surface area contributed by atoms with Gasteiger partial charge in [0.05, 0.1) is 32.0 Å². The number of benzene rings is 2. The number of pyridine rings is 1. The van der Waals surface area contributed by atoms with Gasteiger partial charge in [-0.15, -0.1) is 0 Å². The zero-order valence-corrected chi connectivity index (χ0v) is 20.8. The molecule has 1 aromatic heterocycles. The van der Waals surface area contributed by atoms with Crippen LogP contribution in [0.4, 0.5) is 5.69 Å². The van der Waals surface area contributed by atoms with Crippen molar-refractivity contribution in [3.8, 4) is 11.1 Å². The van der Waals surface area contributed by atoms with Gasteiger partial charge in [0.15, 0.2) is 19.7 Å². The molecule has 0 saturated carbocycles. The van der Waals surface area contributed by atoms with Crippen molar-refractivity contribution in [1.29, 1.82) is 0 Å². The standard InChI is InChI=1S/C22H20Cl2N2O5S2/c1-3-33(30,31)18-9-6-15(25-13-18)12-21(27)26-16-10-19(23)22(20(24)11-16)14-4-7-17(8-5-14)32(2,28)29/h4-11,13H,3,12H2,1-2H3,(H,26,27). The first-order chi connectivity index (χ1) is 15.4. The lowest BCUT2D eigenvalue weighted by molar-refractivity contribution is -0.115. The van der Waals surface area contributed by atoms with Crippen LogP contribution in [0.5, 0.6) is 0 Å². The highest BCUT2D eigenvalue weighted by atomic mass is 35.5. The Morgan fingerprint density at radius 1 is 0.939 bits per heavy atom. The molecule has 0 fully saturated rings. The van der Waals surface area contributed by atoms with Crippen LogP contribution in [0.3, 0.4) is 0 Å². The van der Waals surface area contributed by atoms with E-state index in [0.717, 1.165) is 6.26 Å². The van der Waals surface area contributed by atoms with E-state index in [2.05, 4.69) is 10.3 Å². The van der Waals surface area contributed by atoms with Gasteiger partial charge in [0.1, 0.15) is 0 Å². The number of amides is 1. The van der Waals surface area contributed by atoms with Crippen molar-refractivity contribution in [2.75, 3.05) is 17.3 Å². The average Bonchev–Trinajstić information content (AvgIpc) is 2.73. The van der Waals surface area contributed by atoms with Gasteiger partial charge < -0.3 is 5.32 Å². The van der Waals surface area contributed by atoms with E-state index in [1.165, 1.54) is 42.6 Å². The molecule has 0 unspecified atom stereocenters. The molecule has 2 aromatic carbocycles. The Hall–Kier alpha value is -2.46. The van der Waals surface area contributed by atoms with E-state index >= 15 is 0 Å². The van der Waals surface area contributed by atoms with Gasteiger partial charge in [0.25, 0.3) is 0 Å². The molecule has 1 heterocycles. The maximum Gasteiger partial charge on any atom is 0.230 e. The first-order valence-corrected chi connectivity index (χ1v) is 14.0. The summed E-state index contributed by atoms with van der Waals surface area (Å²) >= 11 is 12.8. The monoisotopic (exact) mass is 526 g/mol. The summed E-state index contributed by atoms with van der Waals surface area (Å²) in [6, 6.07) is 12.1. The van der Waals surface area contributed by atoms with Gasteiger partial charge in [-0.05, 0) is 42.0 Å². The van der Waals surface area contributed by atoms with Crippen molar-refractivity contribution < 1.29 is 21.6 Å². The third-order valence-corrected chi connectivity index (χ3v) is 8.22. The van der Waals surface area contributed by atoms with Crippen molar-refractivity contribution in [2.45, 2.75) is 23.1 Å². The fraction of sp³-hybridized carbons (Fsp3) is 0.182. The molecular weight excluding hydrogens is 507 g/mol. The van der Waals surface area contributed by atoms with Crippen LogP contribution in [0.2, 0.25) is 10.0 Å². The van der Waals surface area contributed by atoms with Crippen molar-refractivity contribution in [1.82, 2.24) is 4.98 Å². The number of halogens is 2. The van der Waals surface area contributed by atoms with Crippen LogP contribution in [-0.4, -0.2) is 39.7 Å². The first kappa shape index (κ1) is 25.2. The number of nitrogens with one attached hydrogen (secondary N) is 1. The summed E-state index contributed by atoms with van der Waals surface area (Å²) in [5.74, 6) is -0.417. The molecule has 0 aliphatic heterocycles. The number of hydrogen-bond acceptors (Lipinski definition) is 6. The lowest BCUT2D eigenvalue weighted by Crippen LogP contribution is -2.15. The second-order valence-corrected chi connectivity index (χ2v) is 12.3. The molecule has 33 heavy (non-hydrogen) atoms. The van der Waals surface area contributed by atoms with Gasteiger partial charge in [-0.2, -0.15) is 0 Å². The van der Waals surface area contributed by atoms with Gasteiger partial charge in [-0.3, -0.25) is 9.78 Å². The number of rotatable bonds is 7. The third kappa shape index (κ3) is 6.11. The highest BCUT2D eigenvalue weighted by Crippen LogP contribution is 2.37. The molecule has 0 bridgehead atoms. The third-order valence-electron chi connectivity index (χ3n) is 4.78. The molecule has 1 N–H and O–H groups in total. The van der Waals surface area contributed by atoms with Crippen LogP contribution < -0.4 is 5.32 Å². The van der Waals surface area contributed by atoms with E-state index < -0.39 is 19.7 Å². The predicted octanol–water partition coefficient (Wildman–Crippen LogP) is 4.43. The second-order valence-electron chi connectivity index (χ2n) is 7.23. The molecule has 0 saturated heterocycles. The maximum absolute atomic E-state index is 12.4. The minimum atomic E-state index is -3.36. The minimum Gasteiger partial charge on any atom is -0.326 e. The fourth-order valence-corrected chi connectivity index (χ4v) is 5.18. The molecule has 3 aromatic rings. The number of carbonyl (C=O) groups excluding carboxylic acids is 1. The molecule has 11 heteroatoms. The summed E-state index contributed by atoms with van der Waals surface area (Å²) in [6.07, 6.45) is 2.28. The normalized spacial score (nSPS) is 11.9.